The second kappa shape index (κ2) is 10.1. The maximum atomic E-state index is 13.2. The lowest BCUT2D eigenvalue weighted by molar-refractivity contribution is -0.149. The maximum absolute atomic E-state index is 13.2. The predicted octanol–water partition coefficient (Wildman–Crippen LogP) is 7.68. The van der Waals surface area contributed by atoms with Crippen LogP contribution in [0.25, 0.3) is 0 Å². The fraction of sp³-hybridized carbons (Fsp3) is 0.909. The van der Waals surface area contributed by atoms with Crippen LogP contribution >= 0.6 is 0 Å². The van der Waals surface area contributed by atoms with E-state index in [9.17, 15) is 15.0 Å². The average molecular weight is 547 g/mol. The van der Waals surface area contributed by atoms with E-state index in [1.165, 1.54) is 0 Å². The molecular formula is C33H58O4Si. The van der Waals surface area contributed by atoms with E-state index in [-0.39, 0.29) is 45.7 Å². The zero-order valence-corrected chi connectivity index (χ0v) is 27.2. The van der Waals surface area contributed by atoms with E-state index in [4.69, 9.17) is 4.43 Å². The van der Waals surface area contributed by atoms with E-state index in [1.54, 1.807) is 12.5 Å². The first kappa shape index (κ1) is 30.5. The maximum Gasteiger partial charge on any atom is 0.192 e. The minimum atomic E-state index is -1.85. The number of hydrogen-bond acceptors (Lipinski definition) is 4. The van der Waals surface area contributed by atoms with Gasteiger partial charge in [-0.15, -0.1) is 0 Å². The van der Waals surface area contributed by atoms with Gasteiger partial charge in [-0.25, -0.2) is 0 Å². The molecule has 38 heavy (non-hydrogen) atoms. The predicted molar refractivity (Wildman–Crippen MR) is 158 cm³/mol. The molecule has 0 aromatic heterocycles. The van der Waals surface area contributed by atoms with Gasteiger partial charge in [0.25, 0.3) is 0 Å². The molecule has 0 radical (unpaired) electrons. The number of carbonyl (C=O) groups excluding carboxylic acids is 1. The summed E-state index contributed by atoms with van der Waals surface area (Å²) in [6.07, 6.45) is 10.5. The molecule has 0 bridgehead atoms. The van der Waals surface area contributed by atoms with Crippen LogP contribution in [-0.4, -0.2) is 42.1 Å². The molecule has 0 unspecified atom stereocenters. The van der Waals surface area contributed by atoms with Gasteiger partial charge in [0.05, 0.1) is 6.10 Å². The van der Waals surface area contributed by atoms with Gasteiger partial charge in [0.1, 0.15) is 5.60 Å². The molecule has 0 amide bonds. The summed E-state index contributed by atoms with van der Waals surface area (Å²) in [7, 11) is -1.85. The molecule has 3 saturated carbocycles. The van der Waals surface area contributed by atoms with E-state index in [0.29, 0.717) is 24.2 Å². The molecule has 5 heteroatoms. The van der Waals surface area contributed by atoms with Gasteiger partial charge in [-0.1, -0.05) is 60.1 Å². The van der Waals surface area contributed by atoms with Gasteiger partial charge in [0.15, 0.2) is 14.1 Å². The number of aliphatic hydroxyl groups excluding tert-OH is 1. The van der Waals surface area contributed by atoms with Crippen LogP contribution in [0.5, 0.6) is 0 Å². The van der Waals surface area contributed by atoms with E-state index in [2.05, 4.69) is 67.6 Å². The number of rotatable bonds is 7. The lowest BCUT2D eigenvalue weighted by Crippen LogP contribution is -2.56. The lowest BCUT2D eigenvalue weighted by Gasteiger charge is -2.59. The van der Waals surface area contributed by atoms with E-state index < -0.39 is 13.9 Å². The van der Waals surface area contributed by atoms with Crippen molar-refractivity contribution >= 4 is 14.1 Å². The van der Waals surface area contributed by atoms with Gasteiger partial charge in [0.2, 0.25) is 0 Å². The highest BCUT2D eigenvalue weighted by molar-refractivity contribution is 6.74. The summed E-state index contributed by atoms with van der Waals surface area (Å²) >= 11 is 0. The summed E-state index contributed by atoms with van der Waals surface area (Å²) in [4.78, 5) is 13.2. The fourth-order valence-corrected chi connectivity index (χ4v) is 10.4. The quantitative estimate of drug-likeness (QED) is 0.254. The smallest absolute Gasteiger partial charge is 0.192 e. The molecular weight excluding hydrogens is 488 g/mol. The van der Waals surface area contributed by atoms with Crippen molar-refractivity contribution in [1.82, 2.24) is 0 Å². The van der Waals surface area contributed by atoms with E-state index in [0.717, 1.165) is 51.4 Å². The molecule has 0 saturated heterocycles. The Labute approximate surface area is 234 Å². The summed E-state index contributed by atoms with van der Waals surface area (Å²) in [6, 6.07) is 0. The van der Waals surface area contributed by atoms with Crippen molar-refractivity contribution in [2.24, 2.45) is 40.4 Å². The Morgan fingerprint density at radius 3 is 2.37 bits per heavy atom. The van der Waals surface area contributed by atoms with Crippen molar-refractivity contribution in [3.05, 3.63) is 11.6 Å². The van der Waals surface area contributed by atoms with Crippen LogP contribution in [-0.2, 0) is 9.22 Å². The Morgan fingerprint density at radius 2 is 1.76 bits per heavy atom. The molecule has 4 aliphatic rings. The Kier molecular flexibility index (Phi) is 8.10. The van der Waals surface area contributed by atoms with E-state index in [1.807, 2.05) is 0 Å². The van der Waals surface area contributed by atoms with Crippen LogP contribution < -0.4 is 0 Å². The molecule has 3 fully saturated rings. The third-order valence-corrected chi connectivity index (χ3v) is 17.0. The Morgan fingerprint density at radius 1 is 1.11 bits per heavy atom. The highest BCUT2D eigenvalue weighted by atomic mass is 28.4. The second-order valence-electron chi connectivity index (χ2n) is 16.3. The summed E-state index contributed by atoms with van der Waals surface area (Å²) in [6.45, 7) is 22.4. The number of Topliss-reactive ketones (excluding diaryl/α,β-unsaturated/α-hetero) is 1. The van der Waals surface area contributed by atoms with Gasteiger partial charge in [-0.05, 0) is 111 Å². The lowest BCUT2D eigenvalue weighted by atomic mass is 9.47. The van der Waals surface area contributed by atoms with Crippen LogP contribution in [0.2, 0.25) is 18.1 Å². The van der Waals surface area contributed by atoms with E-state index >= 15 is 0 Å². The van der Waals surface area contributed by atoms with Gasteiger partial charge in [-0.2, -0.15) is 0 Å². The SMILES string of the molecule is CC(C)CCC(=O)[C@](C)(O)[C@H]1CC[C@H]2[C@@H]3C[C@H](O)[C@H]4C[C@@H](O[Si](C)(C)C(C)(C)C)CC[C@]4(C)C3=CC[C@@]21C. The van der Waals surface area contributed by atoms with Crippen molar-refractivity contribution in [2.45, 2.75) is 149 Å². The molecule has 0 aromatic rings. The molecule has 4 nitrogen and oxygen atoms in total. The normalized spacial score (nSPS) is 41.1. The number of hydrogen-bond donors (Lipinski definition) is 2. The molecule has 0 aromatic carbocycles. The first-order valence-corrected chi connectivity index (χ1v) is 18.6. The minimum absolute atomic E-state index is 0.0172. The highest BCUT2D eigenvalue weighted by Gasteiger charge is 2.62. The van der Waals surface area contributed by atoms with Crippen LogP contribution in [0.15, 0.2) is 11.6 Å². The van der Waals surface area contributed by atoms with Crippen LogP contribution in [0.1, 0.15) is 113 Å². The van der Waals surface area contributed by atoms with Crippen molar-refractivity contribution < 1.29 is 19.4 Å². The number of carbonyl (C=O) groups is 1. The molecule has 4 aliphatic carbocycles. The highest BCUT2D eigenvalue weighted by Crippen LogP contribution is 2.67. The Balaban J connectivity index is 1.55. The molecule has 0 heterocycles. The van der Waals surface area contributed by atoms with Gasteiger partial charge in [-0.3, -0.25) is 4.79 Å². The monoisotopic (exact) mass is 546 g/mol. The third kappa shape index (κ3) is 5.05. The van der Waals surface area contributed by atoms with Gasteiger partial charge < -0.3 is 14.6 Å². The largest absolute Gasteiger partial charge is 0.414 e. The zero-order chi connectivity index (χ0) is 28.5. The zero-order valence-electron chi connectivity index (χ0n) is 26.2. The Bertz CT molecular complexity index is 930. The summed E-state index contributed by atoms with van der Waals surface area (Å²) in [5, 5.41) is 23.5. The number of fused-ring (bicyclic) bond motifs is 5. The van der Waals surface area contributed by atoms with Crippen LogP contribution in [0.3, 0.4) is 0 Å². The molecule has 0 aliphatic heterocycles. The minimum Gasteiger partial charge on any atom is -0.414 e. The number of ketones is 1. The van der Waals surface area contributed by atoms with Crippen molar-refractivity contribution in [3.8, 4) is 0 Å². The van der Waals surface area contributed by atoms with Crippen molar-refractivity contribution in [3.63, 3.8) is 0 Å². The topological polar surface area (TPSA) is 66.8 Å². The summed E-state index contributed by atoms with van der Waals surface area (Å²) < 4.78 is 6.86. The summed E-state index contributed by atoms with van der Waals surface area (Å²) in [5.41, 5.74) is 0.219. The van der Waals surface area contributed by atoms with Crippen molar-refractivity contribution in [2.75, 3.05) is 0 Å². The number of aliphatic hydroxyl groups is 2. The summed E-state index contributed by atoms with van der Waals surface area (Å²) in [5.74, 6) is 1.48. The average Bonchev–Trinajstić information content (AvgIpc) is 3.15. The van der Waals surface area contributed by atoms with Crippen LogP contribution in [0.4, 0.5) is 0 Å². The molecule has 2 N–H and O–H groups in total. The Hall–Kier alpha value is -0.493. The molecule has 218 valence electrons. The first-order valence-electron chi connectivity index (χ1n) is 15.7. The first-order chi connectivity index (χ1) is 17.3. The molecule has 0 spiro atoms. The van der Waals surface area contributed by atoms with Gasteiger partial charge in [0, 0.05) is 18.4 Å². The number of allylic oxidation sites excluding steroid dienone is 2. The third-order valence-electron chi connectivity index (χ3n) is 12.5. The van der Waals surface area contributed by atoms with Crippen molar-refractivity contribution in [1.29, 1.82) is 0 Å². The standard InChI is InChI=1S/C33H58O4Si/c1-21(2)11-14-29(35)33(8,36)28-13-12-24-23-20-27(34)26-19-22(37-38(9,10)30(3,4)5)15-17-31(26,6)25(23)16-18-32(24,28)7/h16,21-24,26-28,34,36H,11-15,17-20H2,1-10H3/t22-,23-,24-,26+,27-,28-,31+,32-,33+/m0/s1. The molecule has 9 atom stereocenters. The molecule has 4 rings (SSSR count). The second-order valence-corrected chi connectivity index (χ2v) is 21.1. The fourth-order valence-electron chi connectivity index (χ4n) is 9.03. The van der Waals surface area contributed by atoms with Gasteiger partial charge >= 0.3 is 0 Å². The van der Waals surface area contributed by atoms with Crippen LogP contribution in [0, 0.1) is 40.4 Å².